The summed E-state index contributed by atoms with van der Waals surface area (Å²) in [6.45, 7) is 3.28. The van der Waals surface area contributed by atoms with E-state index >= 15 is 0 Å². The van der Waals surface area contributed by atoms with E-state index in [9.17, 15) is 32.7 Å². The topological polar surface area (TPSA) is 98.7 Å². The Morgan fingerprint density at radius 1 is 0.947 bits per heavy atom. The van der Waals surface area contributed by atoms with Crippen molar-refractivity contribution < 1.29 is 32.7 Å². The third-order valence-electron chi connectivity index (χ3n) is 6.45. The Kier molecular flexibility index (Phi) is 7.54. The molecule has 4 rings (SSSR count). The number of fused-ring (bicyclic) bond motifs is 3. The molecule has 198 valence electrons. The van der Waals surface area contributed by atoms with E-state index in [2.05, 4.69) is 10.6 Å². The van der Waals surface area contributed by atoms with Crippen molar-refractivity contribution in [1.82, 2.24) is 10.6 Å². The summed E-state index contributed by atoms with van der Waals surface area (Å²) in [5.41, 5.74) is 1.02. The van der Waals surface area contributed by atoms with Crippen molar-refractivity contribution >= 4 is 23.4 Å². The van der Waals surface area contributed by atoms with Gasteiger partial charge in [-0.3, -0.25) is 14.4 Å². The highest BCUT2D eigenvalue weighted by Crippen LogP contribution is 2.41. The molecule has 3 atom stereocenters. The molecule has 0 bridgehead atoms. The maximum atomic E-state index is 14.9. The van der Waals surface area contributed by atoms with Crippen LogP contribution in [0.3, 0.4) is 0 Å². The van der Waals surface area contributed by atoms with Crippen LogP contribution in [0.1, 0.15) is 37.1 Å². The van der Waals surface area contributed by atoms with Crippen LogP contribution < -0.4 is 15.5 Å². The van der Waals surface area contributed by atoms with Crippen LogP contribution in [0.25, 0.3) is 11.1 Å². The molecule has 0 saturated heterocycles. The predicted molar refractivity (Wildman–Crippen MR) is 134 cm³/mol. The molecule has 3 N–H and O–H groups in total. The normalized spacial score (nSPS) is 16.3. The van der Waals surface area contributed by atoms with Crippen LogP contribution in [0.15, 0.2) is 60.7 Å². The molecule has 3 amide bonds. The number of carbonyl (C=O) groups is 3. The number of nitrogens with zero attached hydrogens (tertiary/aromatic N) is 1. The minimum Gasteiger partial charge on any atom is -0.378 e. The van der Waals surface area contributed by atoms with Crippen molar-refractivity contribution in [1.29, 1.82) is 0 Å². The summed E-state index contributed by atoms with van der Waals surface area (Å²) < 4.78 is 42.1. The monoisotopic (exact) mass is 525 g/mol. The molecule has 0 spiro atoms. The van der Waals surface area contributed by atoms with Crippen molar-refractivity contribution in [2.45, 2.75) is 32.0 Å². The third kappa shape index (κ3) is 5.12. The lowest BCUT2D eigenvalue weighted by atomic mass is 9.94. The molecule has 7 nitrogen and oxygen atoms in total. The SMILES string of the molecule is CC(C)[C@H](NC(=O)C(O)c1cc(F)cc(F)c1)C(=O)NC1C(=O)N(C)c2cccc(F)c2-c2ccccc21. The van der Waals surface area contributed by atoms with E-state index in [0.29, 0.717) is 22.9 Å². The van der Waals surface area contributed by atoms with E-state index in [4.69, 9.17) is 0 Å². The third-order valence-corrected chi connectivity index (χ3v) is 6.45. The summed E-state index contributed by atoms with van der Waals surface area (Å²) in [6.07, 6.45) is -1.95. The molecule has 38 heavy (non-hydrogen) atoms. The zero-order valence-electron chi connectivity index (χ0n) is 20.8. The van der Waals surface area contributed by atoms with Crippen LogP contribution in [-0.4, -0.2) is 35.9 Å². The van der Waals surface area contributed by atoms with Crippen LogP contribution in [0.4, 0.5) is 18.9 Å². The smallest absolute Gasteiger partial charge is 0.254 e. The molecule has 1 heterocycles. The number of hydrogen-bond donors (Lipinski definition) is 3. The van der Waals surface area contributed by atoms with E-state index < -0.39 is 59.3 Å². The molecular weight excluding hydrogens is 499 g/mol. The number of rotatable bonds is 6. The van der Waals surface area contributed by atoms with Crippen LogP contribution in [0.5, 0.6) is 0 Å². The zero-order valence-corrected chi connectivity index (χ0v) is 20.8. The quantitative estimate of drug-likeness (QED) is 0.456. The lowest BCUT2D eigenvalue weighted by Gasteiger charge is -2.27. The van der Waals surface area contributed by atoms with Gasteiger partial charge in [0.1, 0.15) is 29.5 Å². The fraction of sp³-hybridized carbons (Fsp3) is 0.250. The number of benzene rings is 3. The summed E-state index contributed by atoms with van der Waals surface area (Å²) in [7, 11) is 1.47. The van der Waals surface area contributed by atoms with Crippen molar-refractivity contribution in [2.24, 2.45) is 5.92 Å². The lowest BCUT2D eigenvalue weighted by molar-refractivity contribution is -0.136. The van der Waals surface area contributed by atoms with Gasteiger partial charge in [-0.15, -0.1) is 0 Å². The second-order valence-electron chi connectivity index (χ2n) is 9.40. The van der Waals surface area contributed by atoms with Crippen molar-refractivity contribution in [3.8, 4) is 11.1 Å². The number of carbonyl (C=O) groups excluding carboxylic acids is 3. The molecule has 0 aliphatic carbocycles. The average molecular weight is 526 g/mol. The Balaban J connectivity index is 1.63. The molecule has 3 aromatic rings. The fourth-order valence-corrected chi connectivity index (χ4v) is 4.50. The summed E-state index contributed by atoms with van der Waals surface area (Å²) in [6, 6.07) is 10.8. The van der Waals surface area contributed by atoms with E-state index in [1.54, 1.807) is 44.2 Å². The first kappa shape index (κ1) is 26.9. The average Bonchev–Trinajstić information content (AvgIpc) is 2.95. The van der Waals surface area contributed by atoms with E-state index in [1.807, 2.05) is 0 Å². The van der Waals surface area contributed by atoms with Crippen molar-refractivity contribution in [3.63, 3.8) is 0 Å². The molecule has 0 fully saturated rings. The molecule has 1 aliphatic heterocycles. The van der Waals surface area contributed by atoms with Crippen LogP contribution in [0.2, 0.25) is 0 Å². The molecule has 0 radical (unpaired) electrons. The summed E-state index contributed by atoms with van der Waals surface area (Å²) in [5, 5.41) is 15.4. The molecule has 3 aromatic carbocycles. The Morgan fingerprint density at radius 3 is 2.26 bits per heavy atom. The maximum Gasteiger partial charge on any atom is 0.254 e. The maximum absolute atomic E-state index is 14.9. The molecular formula is C28H26F3N3O4. The van der Waals surface area contributed by atoms with E-state index in [0.717, 1.165) is 12.1 Å². The van der Waals surface area contributed by atoms with Gasteiger partial charge in [-0.25, -0.2) is 13.2 Å². The van der Waals surface area contributed by atoms with E-state index in [1.165, 1.54) is 24.1 Å². The number of anilines is 1. The Bertz CT molecular complexity index is 1390. The second kappa shape index (κ2) is 10.7. The van der Waals surface area contributed by atoms with Gasteiger partial charge in [0, 0.05) is 18.7 Å². The van der Waals surface area contributed by atoms with Gasteiger partial charge in [0.15, 0.2) is 6.10 Å². The van der Waals surface area contributed by atoms with E-state index in [-0.39, 0.29) is 11.1 Å². The van der Waals surface area contributed by atoms with Gasteiger partial charge >= 0.3 is 0 Å². The summed E-state index contributed by atoms with van der Waals surface area (Å²) in [4.78, 5) is 40.9. The Morgan fingerprint density at radius 2 is 1.61 bits per heavy atom. The first-order valence-corrected chi connectivity index (χ1v) is 11.9. The first-order chi connectivity index (χ1) is 18.0. The second-order valence-corrected chi connectivity index (χ2v) is 9.40. The number of nitrogens with one attached hydrogen (secondary N) is 2. The molecule has 0 saturated carbocycles. The first-order valence-electron chi connectivity index (χ1n) is 11.9. The molecule has 2 unspecified atom stereocenters. The highest BCUT2D eigenvalue weighted by Gasteiger charge is 2.37. The number of halogens is 3. The minimum absolute atomic E-state index is 0.217. The van der Waals surface area contributed by atoms with Gasteiger partial charge < -0.3 is 20.6 Å². The number of aliphatic hydroxyl groups is 1. The van der Waals surface area contributed by atoms with Gasteiger partial charge in [-0.2, -0.15) is 0 Å². The van der Waals surface area contributed by atoms with Crippen molar-refractivity contribution in [2.75, 3.05) is 11.9 Å². The Hall–Kier alpha value is -4.18. The standard InChI is InChI=1S/C28H26F3N3O4/c1-14(2)23(32-27(37)25(35)15-11-16(29)13-17(30)12-15)26(36)33-24-19-8-5-4-7-18(19)22-20(31)9-6-10-21(22)34(3)28(24)38/h4-14,23-25,35H,1-3H3,(H,32,37)(H,33,36)/t23-,24?,25?/m0/s1. The van der Waals surface area contributed by atoms with Crippen LogP contribution in [0, 0.1) is 23.4 Å². The highest BCUT2D eigenvalue weighted by molar-refractivity contribution is 6.06. The molecule has 1 aliphatic rings. The predicted octanol–water partition coefficient (Wildman–Crippen LogP) is 3.78. The van der Waals surface area contributed by atoms with Gasteiger partial charge in [-0.1, -0.05) is 44.2 Å². The molecule has 0 aromatic heterocycles. The lowest BCUT2D eigenvalue weighted by Crippen LogP contribution is -2.53. The highest BCUT2D eigenvalue weighted by atomic mass is 19.1. The van der Waals surface area contributed by atoms with Crippen LogP contribution >= 0.6 is 0 Å². The van der Waals surface area contributed by atoms with Gasteiger partial charge in [-0.05, 0) is 46.9 Å². The summed E-state index contributed by atoms with van der Waals surface area (Å²) >= 11 is 0. The van der Waals surface area contributed by atoms with Gasteiger partial charge in [0.25, 0.3) is 11.8 Å². The van der Waals surface area contributed by atoms with Gasteiger partial charge in [0.2, 0.25) is 5.91 Å². The number of amides is 3. The number of aliphatic hydroxyl groups excluding tert-OH is 1. The minimum atomic E-state index is -1.95. The number of hydrogen-bond acceptors (Lipinski definition) is 4. The summed E-state index contributed by atoms with van der Waals surface area (Å²) in [5.74, 6) is -5.30. The molecule has 10 heteroatoms. The fourth-order valence-electron chi connectivity index (χ4n) is 4.50. The van der Waals surface area contributed by atoms with Gasteiger partial charge in [0.05, 0.1) is 5.69 Å². The Labute approximate surface area is 217 Å². The van der Waals surface area contributed by atoms with Crippen LogP contribution in [-0.2, 0) is 14.4 Å². The largest absolute Gasteiger partial charge is 0.378 e. The zero-order chi connectivity index (χ0) is 27.7. The number of likely N-dealkylation sites (N-methyl/N-ethyl adjacent to an activating group) is 1. The van der Waals surface area contributed by atoms with Crippen molar-refractivity contribution in [3.05, 3.63) is 89.2 Å².